The predicted octanol–water partition coefficient (Wildman–Crippen LogP) is 10.5. The van der Waals surface area contributed by atoms with Gasteiger partial charge in [-0.25, -0.2) is 17.6 Å². The lowest BCUT2D eigenvalue weighted by Crippen LogP contribution is -2.34. The SMILES string of the molecule is O=C(NCC1(c2c(F)cc(Br)cc2F)CC1)c1ccccc1C(F)(F)F.O=C(NCC1(c2c(F)cc(C3CC3)cc2F)CC1)c1ccccc1C(F)(F)F. The minimum Gasteiger partial charge on any atom is -0.351 e. The Kier molecular flexibility index (Phi) is 10.7. The molecule has 4 nitrogen and oxygen atoms in total. The zero-order valence-corrected chi connectivity index (χ0v) is 29.7. The highest BCUT2D eigenvalue weighted by Gasteiger charge is 2.50. The van der Waals surface area contributed by atoms with Gasteiger partial charge in [0.25, 0.3) is 11.8 Å². The molecule has 0 aliphatic heterocycles. The molecule has 0 saturated heterocycles. The molecule has 2 N–H and O–H groups in total. The van der Waals surface area contributed by atoms with Gasteiger partial charge in [0.05, 0.1) is 22.3 Å². The number of carbonyl (C=O) groups is 2. The van der Waals surface area contributed by atoms with Gasteiger partial charge in [0.2, 0.25) is 0 Å². The average Bonchev–Trinajstić information content (AvgIpc) is 3.96. The van der Waals surface area contributed by atoms with E-state index in [0.717, 1.165) is 49.2 Å². The van der Waals surface area contributed by atoms with Gasteiger partial charge >= 0.3 is 12.4 Å². The van der Waals surface area contributed by atoms with Gasteiger partial charge in [-0.05, 0) is 98.5 Å². The first-order chi connectivity index (χ1) is 25.3. The van der Waals surface area contributed by atoms with Crippen molar-refractivity contribution in [3.8, 4) is 0 Å². The van der Waals surface area contributed by atoms with Crippen LogP contribution >= 0.6 is 15.9 Å². The molecule has 3 aliphatic rings. The normalized spacial score (nSPS) is 16.9. The Morgan fingerprint density at radius 3 is 1.30 bits per heavy atom. The van der Waals surface area contributed by atoms with E-state index in [1.165, 1.54) is 36.4 Å². The summed E-state index contributed by atoms with van der Waals surface area (Å²) in [6, 6.07) is 13.8. The van der Waals surface area contributed by atoms with Gasteiger partial charge in [-0.15, -0.1) is 0 Å². The van der Waals surface area contributed by atoms with Crippen LogP contribution in [0.5, 0.6) is 0 Å². The Balaban J connectivity index is 0.000000185. The number of benzene rings is 4. The van der Waals surface area contributed by atoms with E-state index in [1.807, 2.05) is 0 Å². The molecular weight excluding hydrogens is 798 g/mol. The summed E-state index contributed by atoms with van der Waals surface area (Å²) >= 11 is 3.00. The van der Waals surface area contributed by atoms with E-state index in [1.54, 1.807) is 0 Å². The first kappa shape index (κ1) is 39.3. The van der Waals surface area contributed by atoms with Gasteiger partial charge in [0, 0.05) is 39.5 Å². The van der Waals surface area contributed by atoms with Crippen molar-refractivity contribution in [3.63, 3.8) is 0 Å². The molecule has 54 heavy (non-hydrogen) atoms. The fourth-order valence-electron chi connectivity index (χ4n) is 6.68. The van der Waals surface area contributed by atoms with Gasteiger partial charge in [0.1, 0.15) is 23.3 Å². The summed E-state index contributed by atoms with van der Waals surface area (Å²) < 4.78 is 136. The molecule has 4 aromatic rings. The number of halogens is 11. The first-order valence-corrected chi connectivity index (χ1v) is 17.7. The molecule has 15 heteroatoms. The summed E-state index contributed by atoms with van der Waals surface area (Å²) in [6.07, 6.45) is -5.71. The molecule has 0 aromatic heterocycles. The zero-order valence-electron chi connectivity index (χ0n) is 28.1. The number of amides is 2. The molecule has 3 aliphatic carbocycles. The van der Waals surface area contributed by atoms with Crippen LogP contribution in [0.25, 0.3) is 0 Å². The topological polar surface area (TPSA) is 58.2 Å². The van der Waals surface area contributed by atoms with Crippen LogP contribution in [0.4, 0.5) is 43.9 Å². The second-order valence-corrected chi connectivity index (χ2v) is 14.8. The third-order valence-electron chi connectivity index (χ3n) is 10.0. The monoisotopic (exact) mass is 828 g/mol. The maximum Gasteiger partial charge on any atom is 0.417 e. The lowest BCUT2D eigenvalue weighted by molar-refractivity contribution is -0.138. The van der Waals surface area contributed by atoms with Crippen molar-refractivity contribution in [3.05, 3.63) is 139 Å². The molecule has 0 atom stereocenters. The Morgan fingerprint density at radius 1 is 0.611 bits per heavy atom. The smallest absolute Gasteiger partial charge is 0.351 e. The Bertz CT molecular complexity index is 2040. The van der Waals surface area contributed by atoms with Crippen molar-refractivity contribution in [2.24, 2.45) is 0 Å². The van der Waals surface area contributed by atoms with E-state index in [4.69, 9.17) is 0 Å². The third-order valence-corrected chi connectivity index (χ3v) is 10.5. The highest BCUT2D eigenvalue weighted by atomic mass is 79.9. The summed E-state index contributed by atoms with van der Waals surface area (Å²) in [4.78, 5) is 24.6. The number of nitrogens with one attached hydrogen (secondary N) is 2. The van der Waals surface area contributed by atoms with Crippen molar-refractivity contribution >= 4 is 27.7 Å². The number of hydrogen-bond acceptors (Lipinski definition) is 2. The van der Waals surface area contributed by atoms with Crippen LogP contribution in [0, 0.1) is 23.3 Å². The molecule has 286 valence electrons. The Hall–Kier alpha value is -4.40. The van der Waals surface area contributed by atoms with Gasteiger partial charge < -0.3 is 10.6 Å². The van der Waals surface area contributed by atoms with E-state index in [9.17, 15) is 53.5 Å². The maximum absolute atomic E-state index is 14.6. The summed E-state index contributed by atoms with van der Waals surface area (Å²) in [5.74, 6) is -4.43. The maximum atomic E-state index is 14.6. The molecule has 3 fully saturated rings. The largest absolute Gasteiger partial charge is 0.417 e. The van der Waals surface area contributed by atoms with Crippen molar-refractivity contribution < 1.29 is 53.5 Å². The number of hydrogen-bond donors (Lipinski definition) is 2. The quantitative estimate of drug-likeness (QED) is 0.165. The lowest BCUT2D eigenvalue weighted by Gasteiger charge is -2.20. The molecule has 0 heterocycles. The summed E-state index contributed by atoms with van der Waals surface area (Å²) in [6.45, 7) is -0.262. The molecule has 0 spiro atoms. The molecule has 0 bridgehead atoms. The van der Waals surface area contributed by atoms with E-state index < -0.39 is 80.5 Å². The fraction of sp³-hybridized carbons (Fsp3) is 0.333. The van der Waals surface area contributed by atoms with Crippen molar-refractivity contribution in [2.45, 2.75) is 67.6 Å². The van der Waals surface area contributed by atoms with Crippen LogP contribution < -0.4 is 10.6 Å². The van der Waals surface area contributed by atoms with Crippen molar-refractivity contribution in [1.82, 2.24) is 10.6 Å². The van der Waals surface area contributed by atoms with Crippen LogP contribution in [-0.2, 0) is 23.2 Å². The van der Waals surface area contributed by atoms with E-state index in [2.05, 4.69) is 26.6 Å². The van der Waals surface area contributed by atoms with Crippen LogP contribution in [0.3, 0.4) is 0 Å². The molecule has 7 rings (SSSR count). The third kappa shape index (κ3) is 8.45. The fourth-order valence-corrected chi connectivity index (χ4v) is 7.08. The van der Waals surface area contributed by atoms with E-state index in [-0.39, 0.29) is 34.6 Å². The molecule has 0 unspecified atom stereocenters. The minimum atomic E-state index is -4.67. The van der Waals surface area contributed by atoms with Crippen LogP contribution in [0.15, 0.2) is 77.3 Å². The second-order valence-electron chi connectivity index (χ2n) is 13.9. The van der Waals surface area contributed by atoms with Crippen LogP contribution in [0.2, 0.25) is 0 Å². The average molecular weight is 830 g/mol. The lowest BCUT2D eigenvalue weighted by atomic mass is 9.92. The summed E-state index contributed by atoms with van der Waals surface area (Å²) in [5, 5.41) is 4.84. The van der Waals surface area contributed by atoms with Gasteiger partial charge in [-0.1, -0.05) is 40.2 Å². The molecular formula is C39H31BrF10N2O2. The molecule has 2 amide bonds. The number of rotatable bonds is 9. The highest BCUT2D eigenvalue weighted by Crippen LogP contribution is 2.52. The Labute approximate surface area is 311 Å². The van der Waals surface area contributed by atoms with E-state index in [0.29, 0.717) is 31.2 Å². The van der Waals surface area contributed by atoms with Gasteiger partial charge in [0.15, 0.2) is 0 Å². The minimum absolute atomic E-state index is 0.0821. The zero-order chi connectivity index (χ0) is 39.2. The number of alkyl halides is 6. The van der Waals surface area contributed by atoms with Crippen LogP contribution in [0.1, 0.15) is 93.0 Å². The molecule has 0 radical (unpaired) electrons. The van der Waals surface area contributed by atoms with Crippen molar-refractivity contribution in [2.75, 3.05) is 13.1 Å². The predicted molar refractivity (Wildman–Crippen MR) is 182 cm³/mol. The summed E-state index contributed by atoms with van der Waals surface area (Å²) in [7, 11) is 0. The molecule has 3 saturated carbocycles. The van der Waals surface area contributed by atoms with Gasteiger partial charge in [-0.2, -0.15) is 26.3 Å². The number of carbonyl (C=O) groups excluding carboxylic acids is 2. The first-order valence-electron chi connectivity index (χ1n) is 16.9. The molecule has 4 aromatic carbocycles. The Morgan fingerprint density at radius 2 is 0.963 bits per heavy atom. The van der Waals surface area contributed by atoms with Crippen LogP contribution in [-0.4, -0.2) is 24.9 Å². The standard InChI is InChI=1S/C21H18F5NO.C18H13BrF5NO/c22-16-9-13(12-5-6-12)10-17(23)18(16)20(7-8-20)11-27-19(28)14-3-1-2-4-15(14)21(24,25)26;19-10-7-13(20)15(14(21)8-10)17(5-6-17)9-25-16(26)11-3-1-2-4-12(11)18(22,23)24/h1-4,9-10,12H,5-8,11H2,(H,27,28);1-4,7-8H,5-6,9H2,(H,25,26). The summed E-state index contributed by atoms with van der Waals surface area (Å²) in [5.41, 5.74) is -4.55. The van der Waals surface area contributed by atoms with Gasteiger partial charge in [-0.3, -0.25) is 9.59 Å². The second kappa shape index (κ2) is 14.7. The highest BCUT2D eigenvalue weighted by molar-refractivity contribution is 9.10. The van der Waals surface area contributed by atoms with E-state index >= 15 is 0 Å². The van der Waals surface area contributed by atoms with Crippen molar-refractivity contribution in [1.29, 1.82) is 0 Å².